The van der Waals surface area contributed by atoms with Crippen LogP contribution in [0.15, 0.2) is 28.7 Å². The highest BCUT2D eigenvalue weighted by Gasteiger charge is 2.28. The first-order chi connectivity index (χ1) is 11.0. The monoisotopic (exact) mass is 333 g/mol. The van der Waals surface area contributed by atoms with Gasteiger partial charge in [0, 0.05) is 35.5 Å². The number of carbonyl (C=O) groups is 1. The van der Waals surface area contributed by atoms with Crippen molar-refractivity contribution in [2.75, 3.05) is 13.1 Å². The Kier molecular flexibility index (Phi) is 4.66. The van der Waals surface area contributed by atoms with Crippen LogP contribution < -0.4 is 0 Å². The van der Waals surface area contributed by atoms with Gasteiger partial charge in [0.15, 0.2) is 0 Å². The van der Waals surface area contributed by atoms with Crippen LogP contribution in [-0.2, 0) is 0 Å². The molecular formula is C17H20ClN3O2. The third kappa shape index (κ3) is 3.55. The van der Waals surface area contributed by atoms with E-state index in [0.29, 0.717) is 35.5 Å². The summed E-state index contributed by atoms with van der Waals surface area (Å²) in [5.41, 5.74) is 0.635. The molecule has 1 aliphatic heterocycles. The third-order valence-electron chi connectivity index (χ3n) is 4.15. The molecule has 2 aromatic rings. The Morgan fingerprint density at radius 1 is 1.30 bits per heavy atom. The lowest BCUT2D eigenvalue weighted by molar-refractivity contribution is 0.0706. The minimum atomic E-state index is 0.0272. The lowest BCUT2D eigenvalue weighted by atomic mass is 9.96. The summed E-state index contributed by atoms with van der Waals surface area (Å²) in [7, 11) is 0. The molecule has 3 rings (SSSR count). The van der Waals surface area contributed by atoms with E-state index in [2.05, 4.69) is 10.2 Å². The van der Waals surface area contributed by atoms with Crippen LogP contribution in [0.3, 0.4) is 0 Å². The number of rotatable bonds is 3. The van der Waals surface area contributed by atoms with E-state index in [4.69, 9.17) is 16.0 Å². The Labute approximate surface area is 140 Å². The largest absolute Gasteiger partial charge is 0.425 e. The number of benzene rings is 1. The van der Waals surface area contributed by atoms with Crippen LogP contribution in [0.25, 0.3) is 0 Å². The van der Waals surface area contributed by atoms with Crippen LogP contribution in [0, 0.1) is 0 Å². The van der Waals surface area contributed by atoms with Gasteiger partial charge in [0.25, 0.3) is 5.91 Å². The van der Waals surface area contributed by atoms with Crippen molar-refractivity contribution in [2.45, 2.75) is 38.5 Å². The van der Waals surface area contributed by atoms with Gasteiger partial charge in [-0.25, -0.2) is 0 Å². The van der Waals surface area contributed by atoms with E-state index in [-0.39, 0.29) is 17.7 Å². The van der Waals surface area contributed by atoms with Gasteiger partial charge < -0.3 is 9.32 Å². The SMILES string of the molecule is CC(C)c1nnc(C2CCN(C(=O)c3cccc(Cl)c3)CC2)o1. The van der Waals surface area contributed by atoms with Gasteiger partial charge in [-0.2, -0.15) is 0 Å². The maximum atomic E-state index is 12.5. The number of piperidine rings is 1. The Hall–Kier alpha value is -1.88. The van der Waals surface area contributed by atoms with Crippen LogP contribution in [0.5, 0.6) is 0 Å². The van der Waals surface area contributed by atoms with Crippen LogP contribution in [-0.4, -0.2) is 34.1 Å². The van der Waals surface area contributed by atoms with E-state index >= 15 is 0 Å². The quantitative estimate of drug-likeness (QED) is 0.855. The zero-order chi connectivity index (χ0) is 16.4. The minimum absolute atomic E-state index is 0.0272. The van der Waals surface area contributed by atoms with E-state index in [1.807, 2.05) is 18.7 Å². The van der Waals surface area contributed by atoms with E-state index < -0.39 is 0 Å². The highest BCUT2D eigenvalue weighted by Crippen LogP contribution is 2.29. The molecule has 1 aromatic carbocycles. The van der Waals surface area contributed by atoms with E-state index in [9.17, 15) is 4.79 Å². The molecule has 0 unspecified atom stereocenters. The summed E-state index contributed by atoms with van der Waals surface area (Å²) in [5.74, 6) is 1.87. The average molecular weight is 334 g/mol. The summed E-state index contributed by atoms with van der Waals surface area (Å²) in [6.45, 7) is 5.44. The van der Waals surface area contributed by atoms with Gasteiger partial charge in [0.1, 0.15) is 0 Å². The lowest BCUT2D eigenvalue weighted by Gasteiger charge is -2.30. The van der Waals surface area contributed by atoms with Gasteiger partial charge in [-0.3, -0.25) is 4.79 Å². The summed E-state index contributed by atoms with van der Waals surface area (Å²) >= 11 is 5.96. The molecule has 5 nitrogen and oxygen atoms in total. The zero-order valence-electron chi connectivity index (χ0n) is 13.3. The highest BCUT2D eigenvalue weighted by molar-refractivity contribution is 6.30. The molecule has 1 saturated heterocycles. The van der Waals surface area contributed by atoms with Crippen molar-refractivity contribution < 1.29 is 9.21 Å². The fourth-order valence-electron chi connectivity index (χ4n) is 2.78. The summed E-state index contributed by atoms with van der Waals surface area (Å²) in [6, 6.07) is 7.08. The zero-order valence-corrected chi connectivity index (χ0v) is 14.1. The lowest BCUT2D eigenvalue weighted by Crippen LogP contribution is -2.38. The molecule has 0 spiro atoms. The molecule has 6 heteroatoms. The molecular weight excluding hydrogens is 314 g/mol. The number of hydrogen-bond acceptors (Lipinski definition) is 4. The van der Waals surface area contributed by atoms with Crippen molar-refractivity contribution in [3.8, 4) is 0 Å². The molecule has 1 aromatic heterocycles. The molecule has 2 heterocycles. The number of hydrogen-bond donors (Lipinski definition) is 0. The maximum Gasteiger partial charge on any atom is 0.253 e. The molecule has 0 atom stereocenters. The number of nitrogens with zero attached hydrogens (tertiary/aromatic N) is 3. The first kappa shape index (κ1) is 16.0. The van der Waals surface area contributed by atoms with Gasteiger partial charge in [-0.1, -0.05) is 31.5 Å². The fraction of sp³-hybridized carbons (Fsp3) is 0.471. The van der Waals surface area contributed by atoms with Crippen LogP contribution >= 0.6 is 11.6 Å². The summed E-state index contributed by atoms with van der Waals surface area (Å²) in [4.78, 5) is 14.4. The Balaban J connectivity index is 1.62. The van der Waals surface area contributed by atoms with Gasteiger partial charge in [0.2, 0.25) is 11.8 Å². The maximum absolute atomic E-state index is 12.5. The Bertz CT molecular complexity index is 691. The second-order valence-electron chi connectivity index (χ2n) is 6.21. The number of carbonyl (C=O) groups excluding carboxylic acids is 1. The molecule has 0 bridgehead atoms. The molecule has 0 saturated carbocycles. The van der Waals surface area contributed by atoms with E-state index in [0.717, 1.165) is 12.8 Å². The molecule has 1 fully saturated rings. The second kappa shape index (κ2) is 6.71. The first-order valence-electron chi connectivity index (χ1n) is 7.92. The van der Waals surface area contributed by atoms with Crippen LogP contribution in [0.1, 0.15) is 60.7 Å². The van der Waals surface area contributed by atoms with Crippen molar-refractivity contribution in [3.63, 3.8) is 0 Å². The molecule has 1 amide bonds. The number of aromatic nitrogens is 2. The summed E-state index contributed by atoms with van der Waals surface area (Å²) < 4.78 is 5.74. The van der Waals surface area contributed by atoms with Crippen molar-refractivity contribution in [1.82, 2.24) is 15.1 Å². The second-order valence-corrected chi connectivity index (χ2v) is 6.65. The average Bonchev–Trinajstić information content (AvgIpc) is 3.04. The predicted molar refractivity (Wildman–Crippen MR) is 87.7 cm³/mol. The Morgan fingerprint density at radius 2 is 2.04 bits per heavy atom. The smallest absolute Gasteiger partial charge is 0.253 e. The highest BCUT2D eigenvalue weighted by atomic mass is 35.5. The number of amides is 1. The molecule has 0 radical (unpaired) electrons. The fourth-order valence-corrected chi connectivity index (χ4v) is 2.97. The van der Waals surface area contributed by atoms with Gasteiger partial charge in [0.05, 0.1) is 0 Å². The normalized spacial score (nSPS) is 16.1. The van der Waals surface area contributed by atoms with Crippen molar-refractivity contribution >= 4 is 17.5 Å². The van der Waals surface area contributed by atoms with E-state index in [1.54, 1.807) is 24.3 Å². The van der Waals surface area contributed by atoms with Crippen LogP contribution in [0.4, 0.5) is 0 Å². The van der Waals surface area contributed by atoms with Crippen molar-refractivity contribution in [3.05, 3.63) is 46.6 Å². The standard InChI is InChI=1S/C17H20ClN3O2/c1-11(2)15-19-20-16(23-15)12-6-8-21(9-7-12)17(22)13-4-3-5-14(18)10-13/h3-5,10-12H,6-9H2,1-2H3. The Morgan fingerprint density at radius 3 is 2.65 bits per heavy atom. The summed E-state index contributed by atoms with van der Waals surface area (Å²) in [5, 5.41) is 8.83. The molecule has 1 aliphatic rings. The predicted octanol–water partition coefficient (Wildman–Crippen LogP) is 3.87. The van der Waals surface area contributed by atoms with E-state index in [1.165, 1.54) is 0 Å². The van der Waals surface area contributed by atoms with Crippen LogP contribution in [0.2, 0.25) is 5.02 Å². The first-order valence-corrected chi connectivity index (χ1v) is 8.30. The molecule has 23 heavy (non-hydrogen) atoms. The van der Waals surface area contributed by atoms with Crippen molar-refractivity contribution in [1.29, 1.82) is 0 Å². The number of halogens is 1. The molecule has 122 valence electrons. The number of likely N-dealkylation sites (tertiary alicyclic amines) is 1. The molecule has 0 N–H and O–H groups in total. The van der Waals surface area contributed by atoms with Gasteiger partial charge in [-0.05, 0) is 31.0 Å². The summed E-state index contributed by atoms with van der Waals surface area (Å²) in [6.07, 6.45) is 1.68. The minimum Gasteiger partial charge on any atom is -0.425 e. The third-order valence-corrected chi connectivity index (χ3v) is 4.39. The van der Waals surface area contributed by atoms with Gasteiger partial charge in [-0.15, -0.1) is 10.2 Å². The molecule has 0 aliphatic carbocycles. The van der Waals surface area contributed by atoms with Crippen molar-refractivity contribution in [2.24, 2.45) is 0 Å². The van der Waals surface area contributed by atoms with Gasteiger partial charge >= 0.3 is 0 Å². The topological polar surface area (TPSA) is 59.2 Å².